The highest BCUT2D eigenvalue weighted by atomic mass is 79.9. The van der Waals surface area contributed by atoms with Crippen LogP contribution >= 0.6 is 55.1 Å². The van der Waals surface area contributed by atoms with Gasteiger partial charge in [0.1, 0.15) is 0 Å². The van der Waals surface area contributed by atoms with Gasteiger partial charge in [-0.3, -0.25) is 4.79 Å². The van der Waals surface area contributed by atoms with Gasteiger partial charge in [0.05, 0.1) is 15.6 Å². The number of anilines is 1. The molecule has 2 aromatic carbocycles. The molecule has 0 saturated carbocycles. The molecular formula is C13H7Br2Cl2NO. The number of amides is 1. The van der Waals surface area contributed by atoms with Gasteiger partial charge in [0.25, 0.3) is 5.91 Å². The number of nitrogens with one attached hydrogen (secondary N) is 1. The lowest BCUT2D eigenvalue weighted by atomic mass is 10.2. The molecule has 1 N–H and O–H groups in total. The zero-order valence-electron chi connectivity index (χ0n) is 9.38. The van der Waals surface area contributed by atoms with E-state index in [1.165, 1.54) is 0 Å². The van der Waals surface area contributed by atoms with Gasteiger partial charge < -0.3 is 5.32 Å². The molecule has 0 aliphatic heterocycles. The molecule has 0 heterocycles. The van der Waals surface area contributed by atoms with Gasteiger partial charge in [-0.2, -0.15) is 0 Å². The molecule has 2 nitrogen and oxygen atoms in total. The highest BCUT2D eigenvalue weighted by Crippen LogP contribution is 2.27. The van der Waals surface area contributed by atoms with E-state index in [1.807, 2.05) is 0 Å². The minimum Gasteiger partial charge on any atom is -0.322 e. The number of benzene rings is 2. The lowest BCUT2D eigenvalue weighted by molar-refractivity contribution is 0.102. The highest BCUT2D eigenvalue weighted by molar-refractivity contribution is 9.10. The Morgan fingerprint density at radius 2 is 1.74 bits per heavy atom. The van der Waals surface area contributed by atoms with E-state index in [1.54, 1.807) is 36.4 Å². The topological polar surface area (TPSA) is 29.1 Å². The number of rotatable bonds is 2. The molecule has 0 aliphatic carbocycles. The molecule has 1 amide bonds. The van der Waals surface area contributed by atoms with Crippen LogP contribution in [0.1, 0.15) is 10.4 Å². The number of carbonyl (C=O) groups excluding carboxylic acids is 1. The molecule has 0 bridgehead atoms. The summed E-state index contributed by atoms with van der Waals surface area (Å²) in [7, 11) is 0. The molecule has 0 spiro atoms. The van der Waals surface area contributed by atoms with Crippen molar-refractivity contribution in [1.29, 1.82) is 0 Å². The van der Waals surface area contributed by atoms with Gasteiger partial charge in [0, 0.05) is 14.6 Å². The van der Waals surface area contributed by atoms with Gasteiger partial charge in [-0.1, -0.05) is 39.1 Å². The van der Waals surface area contributed by atoms with Gasteiger partial charge in [0.2, 0.25) is 0 Å². The summed E-state index contributed by atoms with van der Waals surface area (Å²) in [4.78, 5) is 12.1. The maximum Gasteiger partial charge on any atom is 0.257 e. The van der Waals surface area contributed by atoms with Crippen LogP contribution in [0.15, 0.2) is 45.3 Å². The van der Waals surface area contributed by atoms with E-state index in [2.05, 4.69) is 37.2 Å². The summed E-state index contributed by atoms with van der Waals surface area (Å²) in [6.07, 6.45) is 0. The quantitative estimate of drug-likeness (QED) is 0.652. The van der Waals surface area contributed by atoms with Gasteiger partial charge in [-0.05, 0) is 52.3 Å². The molecule has 0 fully saturated rings. The smallest absolute Gasteiger partial charge is 0.257 e. The molecule has 0 aromatic heterocycles. The molecule has 98 valence electrons. The molecule has 19 heavy (non-hydrogen) atoms. The van der Waals surface area contributed by atoms with E-state index < -0.39 is 0 Å². The fourth-order valence-electron chi connectivity index (χ4n) is 1.44. The predicted octanol–water partition coefficient (Wildman–Crippen LogP) is 5.77. The summed E-state index contributed by atoms with van der Waals surface area (Å²) in [5, 5.41) is 3.66. The SMILES string of the molecule is O=C(Nc1ccc(Br)c(Cl)c1)c1cc(Br)ccc1Cl. The second-order valence-corrected chi connectivity index (χ2v) is 6.29. The Hall–Kier alpha value is -0.550. The van der Waals surface area contributed by atoms with Crippen LogP contribution in [0.25, 0.3) is 0 Å². The van der Waals surface area contributed by atoms with Crippen LogP contribution in [0.2, 0.25) is 10.0 Å². The minimum atomic E-state index is -0.287. The van der Waals surface area contributed by atoms with Crippen molar-refractivity contribution in [2.45, 2.75) is 0 Å². The third kappa shape index (κ3) is 3.72. The Bertz CT molecular complexity index is 647. The van der Waals surface area contributed by atoms with Crippen LogP contribution in [0.5, 0.6) is 0 Å². The van der Waals surface area contributed by atoms with Gasteiger partial charge in [-0.15, -0.1) is 0 Å². The first-order chi connectivity index (χ1) is 8.97. The Labute approximate surface area is 137 Å². The number of hydrogen-bond donors (Lipinski definition) is 1. The van der Waals surface area contributed by atoms with Crippen LogP contribution in [-0.2, 0) is 0 Å². The first kappa shape index (κ1) is 14.9. The van der Waals surface area contributed by atoms with Gasteiger partial charge >= 0.3 is 0 Å². The van der Waals surface area contributed by atoms with Crippen molar-refractivity contribution in [3.8, 4) is 0 Å². The summed E-state index contributed by atoms with van der Waals surface area (Å²) < 4.78 is 1.56. The fraction of sp³-hybridized carbons (Fsp3) is 0. The molecule has 2 rings (SSSR count). The third-order valence-corrected chi connectivity index (χ3v) is 4.41. The van der Waals surface area contributed by atoms with E-state index in [4.69, 9.17) is 23.2 Å². The maximum atomic E-state index is 12.1. The van der Waals surface area contributed by atoms with E-state index in [-0.39, 0.29) is 5.91 Å². The average molecular weight is 424 g/mol. The van der Waals surface area contributed by atoms with E-state index >= 15 is 0 Å². The number of halogens is 4. The standard InChI is InChI=1S/C13H7Br2Cl2NO/c14-7-1-4-11(16)9(5-7)13(19)18-8-2-3-10(15)12(17)6-8/h1-6H,(H,18,19). The Balaban J connectivity index is 2.25. The van der Waals surface area contributed by atoms with Crippen molar-refractivity contribution in [1.82, 2.24) is 0 Å². The summed E-state index contributed by atoms with van der Waals surface area (Å²) in [6.45, 7) is 0. The largest absolute Gasteiger partial charge is 0.322 e. The highest BCUT2D eigenvalue weighted by Gasteiger charge is 2.11. The van der Waals surface area contributed by atoms with Crippen molar-refractivity contribution >= 4 is 66.7 Å². The zero-order chi connectivity index (χ0) is 14.0. The third-order valence-electron chi connectivity index (χ3n) is 2.35. The van der Waals surface area contributed by atoms with E-state index in [0.717, 1.165) is 8.95 Å². The van der Waals surface area contributed by atoms with Crippen LogP contribution in [0, 0.1) is 0 Å². The van der Waals surface area contributed by atoms with Gasteiger partial charge in [-0.25, -0.2) is 0 Å². The molecular weight excluding hydrogens is 417 g/mol. The molecule has 0 atom stereocenters. The van der Waals surface area contributed by atoms with Crippen molar-refractivity contribution in [2.75, 3.05) is 5.32 Å². The van der Waals surface area contributed by atoms with Crippen molar-refractivity contribution in [3.63, 3.8) is 0 Å². The second-order valence-electron chi connectivity index (χ2n) is 3.71. The Kier molecular flexibility index (Phi) is 4.90. The summed E-state index contributed by atoms with van der Waals surface area (Å²) in [5.74, 6) is -0.287. The Morgan fingerprint density at radius 3 is 2.42 bits per heavy atom. The summed E-state index contributed by atoms with van der Waals surface area (Å²) in [5.41, 5.74) is 1.00. The van der Waals surface area contributed by atoms with Crippen LogP contribution in [-0.4, -0.2) is 5.91 Å². The first-order valence-electron chi connectivity index (χ1n) is 5.19. The predicted molar refractivity (Wildman–Crippen MR) is 86.3 cm³/mol. The molecule has 0 unspecified atom stereocenters. The lowest BCUT2D eigenvalue weighted by Crippen LogP contribution is -2.12. The molecule has 0 saturated heterocycles. The van der Waals surface area contributed by atoms with Crippen molar-refractivity contribution in [3.05, 3.63) is 61.0 Å². The zero-order valence-corrected chi connectivity index (χ0v) is 14.1. The first-order valence-corrected chi connectivity index (χ1v) is 7.53. The minimum absolute atomic E-state index is 0.287. The maximum absolute atomic E-state index is 12.1. The van der Waals surface area contributed by atoms with Crippen LogP contribution < -0.4 is 5.32 Å². The molecule has 6 heteroatoms. The lowest BCUT2D eigenvalue weighted by Gasteiger charge is -2.08. The Morgan fingerprint density at radius 1 is 1.00 bits per heavy atom. The van der Waals surface area contributed by atoms with E-state index in [9.17, 15) is 4.79 Å². The molecule has 2 aromatic rings. The molecule has 0 aliphatic rings. The average Bonchev–Trinajstić information content (AvgIpc) is 2.36. The van der Waals surface area contributed by atoms with Crippen molar-refractivity contribution in [2.24, 2.45) is 0 Å². The van der Waals surface area contributed by atoms with Gasteiger partial charge in [0.15, 0.2) is 0 Å². The van der Waals surface area contributed by atoms with Crippen molar-refractivity contribution < 1.29 is 4.79 Å². The summed E-state index contributed by atoms with van der Waals surface area (Å²) in [6, 6.07) is 10.3. The number of carbonyl (C=O) groups is 1. The van der Waals surface area contributed by atoms with Crippen LogP contribution in [0.3, 0.4) is 0 Å². The second kappa shape index (κ2) is 6.27. The fourth-order valence-corrected chi connectivity index (χ4v) is 2.44. The number of hydrogen-bond acceptors (Lipinski definition) is 1. The van der Waals surface area contributed by atoms with E-state index in [0.29, 0.717) is 21.3 Å². The molecule has 0 radical (unpaired) electrons. The summed E-state index contributed by atoms with van der Waals surface area (Å²) >= 11 is 18.6. The monoisotopic (exact) mass is 421 g/mol. The van der Waals surface area contributed by atoms with Crippen LogP contribution in [0.4, 0.5) is 5.69 Å². The normalized spacial score (nSPS) is 10.3.